The number of hydrogen-bond acceptors (Lipinski definition) is 2. The average molecular weight is 317 g/mol. The molecule has 0 aliphatic rings. The number of allylic oxidation sites excluding steroid dienone is 5. The van der Waals surface area contributed by atoms with Crippen LogP contribution >= 0.6 is 15.9 Å². The maximum absolute atomic E-state index is 12.2. The molecule has 2 rings (SSSR count). The normalized spacial score (nSPS) is 12.2. The van der Waals surface area contributed by atoms with Crippen molar-refractivity contribution in [3.63, 3.8) is 0 Å². The molecule has 0 amide bonds. The molecule has 19 heavy (non-hydrogen) atoms. The Balaban J connectivity index is 2.77. The highest BCUT2D eigenvalue weighted by atomic mass is 79.9. The van der Waals surface area contributed by atoms with Crippen LogP contribution in [0.15, 0.2) is 64.5 Å². The number of hydrogen-bond donors (Lipinski definition) is 0. The quantitative estimate of drug-likeness (QED) is 0.811. The van der Waals surface area contributed by atoms with Gasteiger partial charge in [-0.1, -0.05) is 36.9 Å². The van der Waals surface area contributed by atoms with Gasteiger partial charge >= 0.3 is 0 Å². The van der Waals surface area contributed by atoms with Crippen molar-refractivity contribution in [2.75, 3.05) is 0 Å². The fourth-order valence-corrected chi connectivity index (χ4v) is 2.21. The second-order valence-electron chi connectivity index (χ2n) is 3.86. The van der Waals surface area contributed by atoms with E-state index in [1.807, 2.05) is 31.2 Å². The van der Waals surface area contributed by atoms with Gasteiger partial charge in [0.05, 0.1) is 5.69 Å². The van der Waals surface area contributed by atoms with E-state index < -0.39 is 0 Å². The first-order valence-electron chi connectivity index (χ1n) is 5.81. The van der Waals surface area contributed by atoms with E-state index >= 15 is 0 Å². The summed E-state index contributed by atoms with van der Waals surface area (Å²) in [5, 5.41) is 0. The van der Waals surface area contributed by atoms with E-state index in [-0.39, 0.29) is 5.56 Å². The van der Waals surface area contributed by atoms with Crippen LogP contribution in [0.25, 0.3) is 11.2 Å². The summed E-state index contributed by atoms with van der Waals surface area (Å²) in [6.07, 6.45) is 9.05. The number of rotatable bonds is 3. The van der Waals surface area contributed by atoms with Crippen LogP contribution in [-0.2, 0) is 0 Å². The maximum Gasteiger partial charge on any atom is 0.272 e. The van der Waals surface area contributed by atoms with Crippen molar-refractivity contribution >= 4 is 27.2 Å². The maximum atomic E-state index is 12.2. The van der Waals surface area contributed by atoms with Gasteiger partial charge in [0.15, 0.2) is 0 Å². The summed E-state index contributed by atoms with van der Waals surface area (Å²) in [6.45, 7) is 5.69. The summed E-state index contributed by atoms with van der Waals surface area (Å²) in [7, 11) is 0. The minimum atomic E-state index is -0.131. The lowest BCUT2D eigenvalue weighted by Crippen LogP contribution is -2.17. The zero-order chi connectivity index (χ0) is 13.8. The number of aromatic nitrogens is 2. The Hall–Kier alpha value is -1.94. The summed E-state index contributed by atoms with van der Waals surface area (Å²) >= 11 is 3.33. The van der Waals surface area contributed by atoms with Gasteiger partial charge in [-0.25, -0.2) is 4.98 Å². The van der Waals surface area contributed by atoms with Crippen LogP contribution in [-0.4, -0.2) is 9.38 Å². The summed E-state index contributed by atoms with van der Waals surface area (Å²) in [5.41, 5.74) is 1.88. The fourth-order valence-electron chi connectivity index (χ4n) is 1.70. The molecule has 2 aromatic heterocycles. The first-order valence-corrected chi connectivity index (χ1v) is 6.61. The molecule has 0 aliphatic heterocycles. The van der Waals surface area contributed by atoms with Gasteiger partial charge in [-0.15, -0.1) is 0 Å². The van der Waals surface area contributed by atoms with Crippen LogP contribution in [0.5, 0.6) is 0 Å². The van der Waals surface area contributed by atoms with Crippen molar-refractivity contribution in [3.8, 4) is 0 Å². The van der Waals surface area contributed by atoms with Crippen molar-refractivity contribution in [1.82, 2.24) is 9.38 Å². The molecule has 0 aromatic carbocycles. The molecule has 96 valence electrons. The summed E-state index contributed by atoms with van der Waals surface area (Å²) < 4.78 is 1.94. The van der Waals surface area contributed by atoms with Gasteiger partial charge in [-0.05, 0) is 35.0 Å². The molecule has 2 heterocycles. The van der Waals surface area contributed by atoms with Crippen LogP contribution in [0.3, 0.4) is 0 Å². The molecule has 0 fully saturated rings. The van der Waals surface area contributed by atoms with E-state index in [1.54, 1.807) is 24.4 Å². The molecule has 0 spiro atoms. The molecule has 0 aliphatic carbocycles. The molecule has 3 nitrogen and oxygen atoms in total. The third-order valence-corrected chi connectivity index (χ3v) is 3.36. The lowest BCUT2D eigenvalue weighted by Gasteiger charge is -2.07. The minimum Gasteiger partial charge on any atom is -0.268 e. The Bertz CT molecular complexity index is 741. The predicted octanol–water partition coefficient (Wildman–Crippen LogP) is 3.60. The summed E-state index contributed by atoms with van der Waals surface area (Å²) in [4.78, 5) is 16.7. The van der Waals surface area contributed by atoms with Crippen LogP contribution in [0.1, 0.15) is 12.6 Å². The molecule has 0 radical (unpaired) electrons. The van der Waals surface area contributed by atoms with Crippen molar-refractivity contribution in [3.05, 3.63) is 75.8 Å². The second-order valence-corrected chi connectivity index (χ2v) is 4.65. The zero-order valence-electron chi connectivity index (χ0n) is 10.5. The number of nitrogens with zero attached hydrogens (tertiary/aromatic N) is 2. The highest BCUT2D eigenvalue weighted by molar-refractivity contribution is 9.10. The Morgan fingerprint density at radius 3 is 2.95 bits per heavy atom. The summed E-state index contributed by atoms with van der Waals surface area (Å²) in [6, 6.07) is 5.45. The Morgan fingerprint density at radius 2 is 2.26 bits per heavy atom. The van der Waals surface area contributed by atoms with Crippen molar-refractivity contribution in [1.29, 1.82) is 0 Å². The fraction of sp³-hybridized carbons (Fsp3) is 0.0667. The van der Waals surface area contributed by atoms with E-state index in [0.717, 1.165) is 5.57 Å². The van der Waals surface area contributed by atoms with Gasteiger partial charge in [-0.3, -0.25) is 9.20 Å². The molecule has 0 atom stereocenters. The molecule has 0 saturated heterocycles. The van der Waals surface area contributed by atoms with Gasteiger partial charge in [-0.2, -0.15) is 0 Å². The molecule has 0 N–H and O–H groups in total. The number of halogens is 1. The Labute approximate surface area is 119 Å². The van der Waals surface area contributed by atoms with E-state index in [0.29, 0.717) is 15.8 Å². The highest BCUT2D eigenvalue weighted by Gasteiger charge is 2.11. The lowest BCUT2D eigenvalue weighted by atomic mass is 10.1. The smallest absolute Gasteiger partial charge is 0.268 e. The van der Waals surface area contributed by atoms with Gasteiger partial charge in [0, 0.05) is 11.8 Å². The largest absolute Gasteiger partial charge is 0.272 e. The third kappa shape index (κ3) is 2.58. The van der Waals surface area contributed by atoms with E-state index in [9.17, 15) is 4.79 Å². The zero-order valence-corrected chi connectivity index (χ0v) is 12.1. The third-order valence-electron chi connectivity index (χ3n) is 2.64. The molecule has 4 heteroatoms. The Kier molecular flexibility index (Phi) is 4.12. The van der Waals surface area contributed by atoms with E-state index in [2.05, 4.69) is 27.5 Å². The molecule has 0 saturated carbocycles. The number of fused-ring (bicyclic) bond motifs is 1. The lowest BCUT2D eigenvalue weighted by molar-refractivity contribution is 1.02. The van der Waals surface area contributed by atoms with E-state index in [4.69, 9.17) is 0 Å². The molecular weight excluding hydrogens is 304 g/mol. The first-order chi connectivity index (χ1) is 9.19. The van der Waals surface area contributed by atoms with Crippen LogP contribution in [0.2, 0.25) is 0 Å². The van der Waals surface area contributed by atoms with Crippen molar-refractivity contribution in [2.45, 2.75) is 6.92 Å². The molecular formula is C15H13BrN2O. The van der Waals surface area contributed by atoms with Gasteiger partial charge in [0.25, 0.3) is 5.56 Å². The topological polar surface area (TPSA) is 34.4 Å². The SMILES string of the molecule is C=C/C(=C\C=C/C)c1nc2ccccn2c(=O)c1Br. The monoisotopic (exact) mass is 316 g/mol. The average Bonchev–Trinajstić information content (AvgIpc) is 2.44. The summed E-state index contributed by atoms with van der Waals surface area (Å²) in [5.74, 6) is 0. The van der Waals surface area contributed by atoms with Crippen LogP contribution in [0, 0.1) is 0 Å². The van der Waals surface area contributed by atoms with Gasteiger partial charge < -0.3 is 0 Å². The van der Waals surface area contributed by atoms with Crippen LogP contribution in [0.4, 0.5) is 0 Å². The Morgan fingerprint density at radius 1 is 1.47 bits per heavy atom. The van der Waals surface area contributed by atoms with E-state index in [1.165, 1.54) is 4.40 Å². The number of pyridine rings is 1. The van der Waals surface area contributed by atoms with Crippen molar-refractivity contribution < 1.29 is 0 Å². The standard InChI is InChI=1S/C15H13BrN2O/c1-3-5-8-11(4-2)14-13(16)15(19)18-10-7-6-9-12(18)17-14/h3-10H,2H2,1H3/b5-3-,11-8+. The van der Waals surface area contributed by atoms with Crippen molar-refractivity contribution in [2.24, 2.45) is 0 Å². The van der Waals surface area contributed by atoms with Gasteiger partial charge in [0.1, 0.15) is 10.1 Å². The molecule has 2 aromatic rings. The predicted molar refractivity (Wildman–Crippen MR) is 82.2 cm³/mol. The van der Waals surface area contributed by atoms with Crippen LogP contribution < -0.4 is 5.56 Å². The van der Waals surface area contributed by atoms with Gasteiger partial charge in [0.2, 0.25) is 0 Å². The molecule has 0 bridgehead atoms. The second kappa shape index (κ2) is 5.80. The first kappa shape index (κ1) is 13.5. The minimum absolute atomic E-state index is 0.131. The highest BCUT2D eigenvalue weighted by Crippen LogP contribution is 2.21. The molecule has 0 unspecified atom stereocenters.